The van der Waals surface area contributed by atoms with Gasteiger partial charge in [0.15, 0.2) is 0 Å². The highest BCUT2D eigenvalue weighted by atomic mass is 19.4. The first-order valence-electron chi connectivity index (χ1n) is 10.4. The Bertz CT molecular complexity index is 711. The van der Waals surface area contributed by atoms with Gasteiger partial charge in [0.2, 0.25) is 0 Å². The molecule has 1 saturated carbocycles. The van der Waals surface area contributed by atoms with E-state index in [1.807, 2.05) is 0 Å². The molecule has 0 unspecified atom stereocenters. The Balaban J connectivity index is 1.48. The van der Waals surface area contributed by atoms with Gasteiger partial charge in [-0.1, -0.05) is 56.2 Å². The maximum Gasteiger partial charge on any atom is 0.573 e. The van der Waals surface area contributed by atoms with Gasteiger partial charge in [0.25, 0.3) is 0 Å². The summed E-state index contributed by atoms with van der Waals surface area (Å²) in [6, 6.07) is 15.1. The Labute approximate surface area is 165 Å². The molecular formula is C24H29F3O. The maximum atomic E-state index is 12.2. The molecule has 2 aromatic carbocycles. The number of aryl methyl sites for hydroxylation is 2. The van der Waals surface area contributed by atoms with E-state index < -0.39 is 6.36 Å². The first kappa shape index (κ1) is 20.8. The topological polar surface area (TPSA) is 9.23 Å². The molecule has 4 heteroatoms. The predicted octanol–water partition coefficient (Wildman–Crippen LogP) is 7.44. The molecule has 0 bridgehead atoms. The molecule has 1 aliphatic carbocycles. The van der Waals surface area contributed by atoms with E-state index in [4.69, 9.17) is 0 Å². The maximum absolute atomic E-state index is 12.2. The molecule has 1 nitrogen and oxygen atoms in total. The third-order valence-electron chi connectivity index (χ3n) is 5.85. The van der Waals surface area contributed by atoms with Crippen LogP contribution in [0.25, 0.3) is 0 Å². The summed E-state index contributed by atoms with van der Waals surface area (Å²) in [5.74, 6) is 1.45. The van der Waals surface area contributed by atoms with Gasteiger partial charge in [-0.2, -0.15) is 0 Å². The second kappa shape index (κ2) is 9.49. The summed E-state index contributed by atoms with van der Waals surface area (Å²) in [6.07, 6.45) is 5.02. The number of benzene rings is 2. The molecule has 0 radical (unpaired) electrons. The van der Waals surface area contributed by atoms with Crippen LogP contribution in [0.2, 0.25) is 0 Å². The highest BCUT2D eigenvalue weighted by molar-refractivity contribution is 5.30. The minimum Gasteiger partial charge on any atom is -0.406 e. The molecule has 152 valence electrons. The lowest BCUT2D eigenvalue weighted by Gasteiger charge is -2.28. The van der Waals surface area contributed by atoms with E-state index in [-0.39, 0.29) is 5.75 Å². The minimum absolute atomic E-state index is 0.172. The zero-order valence-electron chi connectivity index (χ0n) is 16.5. The zero-order chi connectivity index (χ0) is 20.0. The van der Waals surface area contributed by atoms with Crippen molar-refractivity contribution >= 4 is 0 Å². The second-order valence-electron chi connectivity index (χ2n) is 7.94. The van der Waals surface area contributed by atoms with Gasteiger partial charge in [0.05, 0.1) is 0 Å². The van der Waals surface area contributed by atoms with Crippen LogP contribution in [0.4, 0.5) is 13.2 Å². The summed E-state index contributed by atoms with van der Waals surface area (Å²) in [4.78, 5) is 0. The molecule has 1 aliphatic rings. The SMILES string of the molecule is CCCC1CCC(c2ccc(CCc3ccc(OC(F)(F)F)cc3)cc2)CC1. The average molecular weight is 390 g/mol. The average Bonchev–Trinajstić information content (AvgIpc) is 2.68. The number of rotatable bonds is 7. The van der Waals surface area contributed by atoms with Gasteiger partial charge in [0.1, 0.15) is 5.75 Å². The predicted molar refractivity (Wildman–Crippen MR) is 107 cm³/mol. The van der Waals surface area contributed by atoms with Gasteiger partial charge in [-0.05, 0) is 79.2 Å². The monoisotopic (exact) mass is 390 g/mol. The van der Waals surface area contributed by atoms with Gasteiger partial charge in [-0.15, -0.1) is 13.2 Å². The minimum atomic E-state index is -4.64. The quantitative estimate of drug-likeness (QED) is 0.477. The van der Waals surface area contributed by atoms with E-state index in [1.54, 1.807) is 12.1 Å². The number of hydrogen-bond donors (Lipinski definition) is 0. The van der Waals surface area contributed by atoms with Crippen LogP contribution in [0.3, 0.4) is 0 Å². The second-order valence-corrected chi connectivity index (χ2v) is 7.94. The summed E-state index contributed by atoms with van der Waals surface area (Å²) in [6.45, 7) is 2.27. The largest absolute Gasteiger partial charge is 0.573 e. The Morgan fingerprint density at radius 3 is 1.86 bits per heavy atom. The number of hydrogen-bond acceptors (Lipinski definition) is 1. The molecule has 28 heavy (non-hydrogen) atoms. The van der Waals surface area contributed by atoms with Gasteiger partial charge in [-0.3, -0.25) is 0 Å². The van der Waals surface area contributed by atoms with E-state index in [0.29, 0.717) is 5.92 Å². The van der Waals surface area contributed by atoms with Crippen LogP contribution in [0, 0.1) is 5.92 Å². The summed E-state index contributed by atoms with van der Waals surface area (Å²) in [5.41, 5.74) is 3.72. The van der Waals surface area contributed by atoms with Crippen molar-refractivity contribution in [2.24, 2.45) is 5.92 Å². The lowest BCUT2D eigenvalue weighted by atomic mass is 9.77. The molecule has 2 aromatic rings. The lowest BCUT2D eigenvalue weighted by Crippen LogP contribution is -2.17. The Hall–Kier alpha value is -1.97. The van der Waals surface area contributed by atoms with Gasteiger partial charge in [-0.25, -0.2) is 0 Å². The molecule has 0 atom stereocenters. The Morgan fingerprint density at radius 1 is 0.821 bits per heavy atom. The van der Waals surface area contributed by atoms with E-state index in [0.717, 1.165) is 24.3 Å². The van der Waals surface area contributed by atoms with Crippen molar-refractivity contribution in [3.63, 3.8) is 0 Å². The number of ether oxygens (including phenoxy) is 1. The van der Waals surface area contributed by atoms with Crippen molar-refractivity contribution < 1.29 is 17.9 Å². The van der Waals surface area contributed by atoms with Gasteiger partial charge < -0.3 is 4.74 Å². The number of alkyl halides is 3. The Morgan fingerprint density at radius 2 is 1.36 bits per heavy atom. The molecular weight excluding hydrogens is 361 g/mol. The fourth-order valence-corrected chi connectivity index (χ4v) is 4.30. The lowest BCUT2D eigenvalue weighted by molar-refractivity contribution is -0.274. The third-order valence-corrected chi connectivity index (χ3v) is 5.85. The molecule has 1 fully saturated rings. The smallest absolute Gasteiger partial charge is 0.406 e. The summed E-state index contributed by atoms with van der Waals surface area (Å²) >= 11 is 0. The fraction of sp³-hybridized carbons (Fsp3) is 0.500. The molecule has 0 spiro atoms. The summed E-state index contributed by atoms with van der Waals surface area (Å²) in [7, 11) is 0. The van der Waals surface area contributed by atoms with E-state index in [9.17, 15) is 13.2 Å². The Kier molecular flexibility index (Phi) is 7.03. The van der Waals surface area contributed by atoms with Crippen LogP contribution in [0.1, 0.15) is 68.1 Å². The van der Waals surface area contributed by atoms with Crippen molar-refractivity contribution in [2.75, 3.05) is 0 Å². The highest BCUT2D eigenvalue weighted by Crippen LogP contribution is 2.37. The molecule has 0 heterocycles. The van der Waals surface area contributed by atoms with Crippen molar-refractivity contribution in [3.8, 4) is 5.75 Å². The molecule has 0 aromatic heterocycles. The van der Waals surface area contributed by atoms with Crippen molar-refractivity contribution in [2.45, 2.75) is 70.6 Å². The molecule has 3 rings (SSSR count). The summed E-state index contributed by atoms with van der Waals surface area (Å²) in [5, 5.41) is 0. The van der Waals surface area contributed by atoms with Crippen LogP contribution < -0.4 is 4.74 Å². The van der Waals surface area contributed by atoms with Crippen molar-refractivity contribution in [3.05, 3.63) is 65.2 Å². The highest BCUT2D eigenvalue weighted by Gasteiger charge is 2.30. The van der Waals surface area contributed by atoms with Crippen molar-refractivity contribution in [1.29, 1.82) is 0 Å². The van der Waals surface area contributed by atoms with Crippen LogP contribution >= 0.6 is 0 Å². The van der Waals surface area contributed by atoms with Gasteiger partial charge >= 0.3 is 6.36 Å². The fourth-order valence-electron chi connectivity index (χ4n) is 4.30. The van der Waals surface area contributed by atoms with E-state index in [1.165, 1.54) is 61.8 Å². The van der Waals surface area contributed by atoms with Crippen LogP contribution in [-0.2, 0) is 12.8 Å². The van der Waals surface area contributed by atoms with Crippen LogP contribution in [0.5, 0.6) is 5.75 Å². The number of halogens is 3. The summed E-state index contributed by atoms with van der Waals surface area (Å²) < 4.78 is 40.5. The normalized spacial score (nSPS) is 20.1. The first-order valence-corrected chi connectivity index (χ1v) is 10.4. The standard InChI is InChI=1S/C24H29F3O/c1-2-3-18-6-12-21(13-7-18)22-14-8-19(9-15-22)4-5-20-10-16-23(17-11-20)28-24(25,26)27/h8-11,14-18,21H,2-7,12-13H2,1H3. The van der Waals surface area contributed by atoms with E-state index in [2.05, 4.69) is 35.9 Å². The van der Waals surface area contributed by atoms with Gasteiger partial charge in [0, 0.05) is 0 Å². The molecule has 0 N–H and O–H groups in total. The molecule has 0 amide bonds. The third kappa shape index (κ3) is 6.29. The van der Waals surface area contributed by atoms with Crippen molar-refractivity contribution in [1.82, 2.24) is 0 Å². The van der Waals surface area contributed by atoms with Crippen LogP contribution in [0.15, 0.2) is 48.5 Å². The molecule has 0 saturated heterocycles. The van der Waals surface area contributed by atoms with E-state index >= 15 is 0 Å². The van der Waals surface area contributed by atoms with Crippen LogP contribution in [-0.4, -0.2) is 6.36 Å². The first-order chi connectivity index (χ1) is 13.4. The zero-order valence-corrected chi connectivity index (χ0v) is 16.5. The molecule has 0 aliphatic heterocycles.